The Bertz CT molecular complexity index is 1130. The number of fused-ring (bicyclic) bond motifs is 3. The van der Waals surface area contributed by atoms with Gasteiger partial charge in [-0.1, -0.05) is 54.4 Å². The third-order valence-corrected chi connectivity index (χ3v) is 6.66. The monoisotopic (exact) mass is 443 g/mol. The zero-order chi connectivity index (χ0) is 23.2. The lowest BCUT2D eigenvalue weighted by molar-refractivity contribution is -0.887. The van der Waals surface area contributed by atoms with Crippen LogP contribution < -0.4 is 15.0 Å². The fraction of sp³-hybridized carbons (Fsp3) is 0.345. The van der Waals surface area contributed by atoms with E-state index in [0.717, 1.165) is 39.4 Å². The van der Waals surface area contributed by atoms with E-state index in [4.69, 9.17) is 4.74 Å². The normalized spacial score (nSPS) is 15.7. The predicted molar refractivity (Wildman–Crippen MR) is 137 cm³/mol. The lowest BCUT2D eigenvalue weighted by Gasteiger charge is -2.24. The van der Waals surface area contributed by atoms with Gasteiger partial charge in [0, 0.05) is 11.3 Å². The molecule has 0 spiro atoms. The summed E-state index contributed by atoms with van der Waals surface area (Å²) in [6, 6.07) is 20.8. The van der Waals surface area contributed by atoms with Crippen LogP contribution in [0.3, 0.4) is 0 Å². The summed E-state index contributed by atoms with van der Waals surface area (Å²) in [5.41, 5.74) is 3.54. The van der Waals surface area contributed by atoms with Gasteiger partial charge in [-0.2, -0.15) is 0 Å². The van der Waals surface area contributed by atoms with Gasteiger partial charge in [0.2, 0.25) is 0 Å². The highest BCUT2D eigenvalue weighted by molar-refractivity contribution is 6.09. The van der Waals surface area contributed by atoms with Crippen LogP contribution in [0.25, 0.3) is 16.8 Å². The van der Waals surface area contributed by atoms with Gasteiger partial charge in [0.25, 0.3) is 5.91 Å². The summed E-state index contributed by atoms with van der Waals surface area (Å²) in [6.45, 7) is 2.30. The van der Waals surface area contributed by atoms with Crippen molar-refractivity contribution in [3.05, 3.63) is 77.4 Å². The van der Waals surface area contributed by atoms with E-state index >= 15 is 0 Å². The van der Waals surface area contributed by atoms with Crippen LogP contribution in [0.1, 0.15) is 43.2 Å². The van der Waals surface area contributed by atoms with Gasteiger partial charge in [0.05, 0.1) is 25.7 Å². The average molecular weight is 444 g/mol. The molecule has 1 amide bonds. The SMILES string of the molecule is C[NH+](C)C1CCCCC1.Cc1ccc(NC(=O)C2=Cc3c(ccc4ccccc34)OC2)cc1. The van der Waals surface area contributed by atoms with Gasteiger partial charge in [-0.05, 0) is 67.7 Å². The van der Waals surface area contributed by atoms with Gasteiger partial charge < -0.3 is 15.0 Å². The number of anilines is 1. The molecule has 3 aromatic carbocycles. The zero-order valence-electron chi connectivity index (χ0n) is 20.0. The molecule has 3 aromatic rings. The van der Waals surface area contributed by atoms with Crippen LogP contribution in [0, 0.1) is 6.92 Å². The van der Waals surface area contributed by atoms with Crippen LogP contribution >= 0.6 is 0 Å². The van der Waals surface area contributed by atoms with Crippen molar-refractivity contribution in [1.82, 2.24) is 0 Å². The quantitative estimate of drug-likeness (QED) is 0.596. The summed E-state index contributed by atoms with van der Waals surface area (Å²) in [7, 11) is 4.55. The molecule has 0 saturated heterocycles. The molecule has 1 aliphatic carbocycles. The molecule has 0 unspecified atom stereocenters. The molecule has 172 valence electrons. The second kappa shape index (κ2) is 10.7. The average Bonchev–Trinajstić information content (AvgIpc) is 2.86. The summed E-state index contributed by atoms with van der Waals surface area (Å²) in [5.74, 6) is 0.693. The van der Waals surface area contributed by atoms with Crippen LogP contribution in [-0.4, -0.2) is 32.7 Å². The molecule has 33 heavy (non-hydrogen) atoms. The minimum absolute atomic E-state index is 0.127. The molecule has 1 heterocycles. The fourth-order valence-electron chi connectivity index (χ4n) is 4.58. The Balaban J connectivity index is 0.000000243. The lowest BCUT2D eigenvalue weighted by Crippen LogP contribution is -3.10. The zero-order valence-corrected chi connectivity index (χ0v) is 20.0. The van der Waals surface area contributed by atoms with E-state index in [9.17, 15) is 4.79 Å². The van der Waals surface area contributed by atoms with Gasteiger partial charge in [-0.25, -0.2) is 0 Å². The molecule has 4 heteroatoms. The van der Waals surface area contributed by atoms with E-state index < -0.39 is 0 Å². The molecule has 5 rings (SSSR count). The molecule has 0 bridgehead atoms. The smallest absolute Gasteiger partial charge is 0.255 e. The first kappa shape index (κ1) is 23.1. The Morgan fingerprint density at radius 3 is 2.36 bits per heavy atom. The molecule has 1 saturated carbocycles. The number of benzene rings is 3. The summed E-state index contributed by atoms with van der Waals surface area (Å²) in [4.78, 5) is 14.2. The van der Waals surface area contributed by atoms with E-state index in [0.29, 0.717) is 5.57 Å². The number of quaternary nitrogens is 1. The van der Waals surface area contributed by atoms with Crippen LogP contribution in [0.15, 0.2) is 66.2 Å². The van der Waals surface area contributed by atoms with Crippen molar-refractivity contribution >= 4 is 28.4 Å². The van der Waals surface area contributed by atoms with E-state index in [1.807, 2.05) is 61.5 Å². The molecule has 0 atom stereocenters. The Morgan fingerprint density at radius 2 is 1.67 bits per heavy atom. The molecule has 2 aliphatic rings. The second-order valence-electron chi connectivity index (χ2n) is 9.39. The van der Waals surface area contributed by atoms with Crippen LogP contribution in [0.5, 0.6) is 5.75 Å². The van der Waals surface area contributed by atoms with Gasteiger partial charge in [0.1, 0.15) is 12.4 Å². The summed E-state index contributed by atoms with van der Waals surface area (Å²) in [5, 5.41) is 5.16. The number of rotatable bonds is 3. The van der Waals surface area contributed by atoms with Crippen molar-refractivity contribution in [3.63, 3.8) is 0 Å². The first-order valence-electron chi connectivity index (χ1n) is 12.0. The van der Waals surface area contributed by atoms with E-state index in [2.05, 4.69) is 31.5 Å². The van der Waals surface area contributed by atoms with Crippen LogP contribution in [0.2, 0.25) is 0 Å². The number of aryl methyl sites for hydroxylation is 1. The summed E-state index contributed by atoms with van der Waals surface area (Å²) >= 11 is 0. The number of carbonyl (C=O) groups excluding carboxylic acids is 1. The van der Waals surface area contributed by atoms with E-state index in [-0.39, 0.29) is 12.5 Å². The number of ether oxygens (including phenoxy) is 1. The largest absolute Gasteiger partial charge is 0.488 e. The van der Waals surface area contributed by atoms with Gasteiger partial charge in [-0.15, -0.1) is 0 Å². The molecular weight excluding hydrogens is 408 g/mol. The van der Waals surface area contributed by atoms with E-state index in [1.165, 1.54) is 32.1 Å². The van der Waals surface area contributed by atoms with Gasteiger partial charge in [-0.3, -0.25) is 4.79 Å². The first-order valence-corrected chi connectivity index (χ1v) is 12.0. The third kappa shape index (κ3) is 5.82. The topological polar surface area (TPSA) is 42.8 Å². The lowest BCUT2D eigenvalue weighted by atomic mass is 9.95. The Labute approximate surface area is 197 Å². The van der Waals surface area contributed by atoms with Crippen molar-refractivity contribution in [1.29, 1.82) is 0 Å². The Morgan fingerprint density at radius 1 is 0.939 bits per heavy atom. The van der Waals surface area contributed by atoms with Crippen molar-refractivity contribution in [2.45, 2.75) is 45.1 Å². The number of carbonyl (C=O) groups is 1. The maximum Gasteiger partial charge on any atom is 0.255 e. The molecule has 0 radical (unpaired) electrons. The van der Waals surface area contributed by atoms with Crippen LogP contribution in [0.4, 0.5) is 5.69 Å². The summed E-state index contributed by atoms with van der Waals surface area (Å²) < 4.78 is 5.79. The Hall–Kier alpha value is -3.11. The van der Waals surface area contributed by atoms with Gasteiger partial charge >= 0.3 is 0 Å². The van der Waals surface area contributed by atoms with Crippen molar-refractivity contribution in [2.24, 2.45) is 0 Å². The second-order valence-corrected chi connectivity index (χ2v) is 9.39. The highest BCUT2D eigenvalue weighted by atomic mass is 16.5. The molecule has 1 aliphatic heterocycles. The predicted octanol–water partition coefficient (Wildman–Crippen LogP) is 5.03. The highest BCUT2D eigenvalue weighted by Gasteiger charge is 2.19. The standard InChI is InChI=1S/C21H17NO2.C8H17N/c1-14-6-9-17(10-7-14)22-21(23)16-12-19-18-5-3-2-4-15(18)8-11-20(19)24-13-16;1-9(2)8-6-4-3-5-7-8/h2-12H,13H2,1H3,(H,22,23);8H,3-7H2,1-2H3/p+1. The fourth-order valence-corrected chi connectivity index (χ4v) is 4.58. The molecule has 0 aromatic heterocycles. The number of hydrogen-bond donors (Lipinski definition) is 2. The Kier molecular flexibility index (Phi) is 7.46. The summed E-state index contributed by atoms with van der Waals surface area (Å²) in [6.07, 6.45) is 9.27. The van der Waals surface area contributed by atoms with Crippen molar-refractivity contribution in [2.75, 3.05) is 26.0 Å². The van der Waals surface area contributed by atoms with Crippen molar-refractivity contribution < 1.29 is 14.4 Å². The molecule has 2 N–H and O–H groups in total. The molecule has 1 fully saturated rings. The van der Waals surface area contributed by atoms with Crippen molar-refractivity contribution in [3.8, 4) is 5.75 Å². The molecule has 4 nitrogen and oxygen atoms in total. The minimum Gasteiger partial charge on any atom is -0.488 e. The third-order valence-electron chi connectivity index (χ3n) is 6.66. The number of amides is 1. The highest BCUT2D eigenvalue weighted by Crippen LogP contribution is 2.33. The number of nitrogens with one attached hydrogen (secondary N) is 2. The van der Waals surface area contributed by atoms with Gasteiger partial charge in [0.15, 0.2) is 0 Å². The number of hydrogen-bond acceptors (Lipinski definition) is 2. The molecular formula is C29H35N2O2+. The van der Waals surface area contributed by atoms with Crippen LogP contribution in [-0.2, 0) is 4.79 Å². The minimum atomic E-state index is -0.127. The maximum atomic E-state index is 12.5. The first-order chi connectivity index (χ1) is 16.0. The maximum absolute atomic E-state index is 12.5. The van der Waals surface area contributed by atoms with E-state index in [1.54, 1.807) is 4.90 Å².